The second kappa shape index (κ2) is 6.36. The Kier molecular flexibility index (Phi) is 4.90. The van der Waals surface area contributed by atoms with E-state index in [2.05, 4.69) is 11.9 Å². The van der Waals surface area contributed by atoms with Crippen LogP contribution in [-0.2, 0) is 9.59 Å². The smallest absolute Gasteiger partial charge is 0.276 e. The summed E-state index contributed by atoms with van der Waals surface area (Å²) < 4.78 is 3.29. The third-order valence-corrected chi connectivity index (χ3v) is 3.36. The molecule has 1 aliphatic rings. The van der Waals surface area contributed by atoms with Gasteiger partial charge in [-0.05, 0) is 25.1 Å². The van der Waals surface area contributed by atoms with Crippen LogP contribution in [0.3, 0.4) is 0 Å². The summed E-state index contributed by atoms with van der Waals surface area (Å²) >= 11 is 16.5. The topological polar surface area (TPSA) is 58.6 Å². The Labute approximate surface area is 142 Å². The number of fused-ring (bicyclic) bond motifs is 1. The summed E-state index contributed by atoms with van der Waals surface area (Å²) in [6, 6.07) is 4.83. The lowest BCUT2D eigenvalue weighted by molar-refractivity contribution is -0.121. The highest BCUT2D eigenvalue weighted by molar-refractivity contribution is 6.76. The highest BCUT2D eigenvalue weighted by atomic mass is 35.6. The molecule has 1 aromatic rings. The first-order chi connectivity index (χ1) is 10.2. The zero-order valence-electron chi connectivity index (χ0n) is 11.7. The van der Waals surface area contributed by atoms with Gasteiger partial charge in [-0.15, -0.1) is 0 Å². The molecule has 0 saturated carbocycles. The van der Waals surface area contributed by atoms with Crippen LogP contribution in [-0.4, -0.2) is 28.8 Å². The summed E-state index contributed by atoms with van der Waals surface area (Å²) in [7, 11) is 0. The van der Waals surface area contributed by atoms with E-state index in [1.165, 1.54) is 4.90 Å². The number of benzene rings is 1. The molecule has 0 aliphatic carbocycles. The molecule has 0 bridgehead atoms. The number of alkyl halides is 3. The van der Waals surface area contributed by atoms with Crippen LogP contribution in [0, 0.1) is 0 Å². The fourth-order valence-electron chi connectivity index (χ4n) is 1.93. The number of hydrogen-bond donors (Lipinski definition) is 1. The first-order valence-electron chi connectivity index (χ1n) is 6.28. The molecule has 0 saturated heterocycles. The summed E-state index contributed by atoms with van der Waals surface area (Å²) in [4.78, 5) is 25.2. The van der Waals surface area contributed by atoms with Gasteiger partial charge in [0.2, 0.25) is 0 Å². The van der Waals surface area contributed by atoms with Gasteiger partial charge in [-0.2, -0.15) is 0 Å². The number of halogens is 3. The second-order valence-electron chi connectivity index (χ2n) is 4.86. The van der Waals surface area contributed by atoms with E-state index in [1.807, 2.05) is 6.92 Å². The molecule has 0 spiro atoms. The van der Waals surface area contributed by atoms with E-state index in [0.717, 1.165) is 5.57 Å². The van der Waals surface area contributed by atoms with Crippen molar-refractivity contribution in [3.8, 4) is 5.75 Å². The van der Waals surface area contributed by atoms with Gasteiger partial charge in [0.15, 0.2) is 6.61 Å². The van der Waals surface area contributed by atoms with Crippen molar-refractivity contribution in [3.05, 3.63) is 30.4 Å². The van der Waals surface area contributed by atoms with Crippen LogP contribution in [0.2, 0.25) is 0 Å². The van der Waals surface area contributed by atoms with Crippen LogP contribution in [0.4, 0.5) is 11.4 Å². The zero-order chi connectivity index (χ0) is 16.5. The minimum absolute atomic E-state index is 0.0415. The number of amides is 2. The first-order valence-corrected chi connectivity index (χ1v) is 7.41. The molecule has 1 N–H and O–H groups in total. The highest BCUT2D eigenvalue weighted by Gasteiger charge is 2.31. The molecule has 0 unspecified atom stereocenters. The molecule has 8 heteroatoms. The molecular formula is C14H13Cl3N2O3. The van der Waals surface area contributed by atoms with E-state index in [-0.39, 0.29) is 12.5 Å². The molecule has 0 aromatic heterocycles. The van der Waals surface area contributed by atoms with Crippen LogP contribution < -0.4 is 15.0 Å². The lowest BCUT2D eigenvalue weighted by Crippen LogP contribution is -2.39. The number of nitrogens with zero attached hydrogens (tertiary/aromatic N) is 1. The van der Waals surface area contributed by atoms with Crippen LogP contribution >= 0.6 is 34.8 Å². The van der Waals surface area contributed by atoms with Crippen molar-refractivity contribution < 1.29 is 14.3 Å². The van der Waals surface area contributed by atoms with E-state index < -0.39 is 9.70 Å². The lowest BCUT2D eigenvalue weighted by atomic mass is 10.2. The van der Waals surface area contributed by atoms with E-state index in [9.17, 15) is 9.59 Å². The van der Waals surface area contributed by atoms with Crippen LogP contribution in [0.25, 0.3) is 0 Å². The van der Waals surface area contributed by atoms with Crippen molar-refractivity contribution in [1.29, 1.82) is 0 Å². The average Bonchev–Trinajstić information content (AvgIpc) is 2.41. The highest BCUT2D eigenvalue weighted by Crippen LogP contribution is 2.36. The van der Waals surface area contributed by atoms with Gasteiger partial charge in [-0.1, -0.05) is 47.0 Å². The number of carbonyl (C=O) groups is 2. The van der Waals surface area contributed by atoms with Gasteiger partial charge < -0.3 is 15.0 Å². The Morgan fingerprint density at radius 3 is 2.73 bits per heavy atom. The molecular weight excluding hydrogens is 351 g/mol. The van der Waals surface area contributed by atoms with Gasteiger partial charge in [-0.25, -0.2) is 0 Å². The monoisotopic (exact) mass is 362 g/mol. The van der Waals surface area contributed by atoms with Gasteiger partial charge in [0.05, 0.1) is 5.69 Å². The predicted molar refractivity (Wildman–Crippen MR) is 88.0 cm³/mol. The molecule has 1 aliphatic heterocycles. The van der Waals surface area contributed by atoms with Crippen LogP contribution in [0.5, 0.6) is 5.75 Å². The number of carbonyl (C=O) groups excluding carboxylic acids is 2. The molecule has 1 aromatic carbocycles. The van der Waals surface area contributed by atoms with Crippen molar-refractivity contribution in [2.45, 2.75) is 10.7 Å². The standard InChI is InChI=1S/C14H13Cl3N2O3/c1-8(2)6-19-10-5-9(18-13(21)14(15,16)17)3-4-11(10)22-7-12(19)20/h3-5H,1,6-7H2,2H3,(H,18,21). The summed E-state index contributed by atoms with van der Waals surface area (Å²) in [6.07, 6.45) is 0. The lowest BCUT2D eigenvalue weighted by Gasteiger charge is -2.30. The molecule has 1 heterocycles. The Morgan fingerprint density at radius 2 is 2.14 bits per heavy atom. The average molecular weight is 364 g/mol. The molecule has 0 atom stereocenters. The molecule has 22 heavy (non-hydrogen) atoms. The minimum atomic E-state index is -2.07. The number of nitrogens with one attached hydrogen (secondary N) is 1. The van der Waals surface area contributed by atoms with Crippen molar-refractivity contribution in [1.82, 2.24) is 0 Å². The third kappa shape index (κ3) is 3.85. The normalized spacial score (nSPS) is 14.2. The van der Waals surface area contributed by atoms with Gasteiger partial charge in [-0.3, -0.25) is 9.59 Å². The van der Waals surface area contributed by atoms with Crippen molar-refractivity contribution in [3.63, 3.8) is 0 Å². The second-order valence-corrected chi connectivity index (χ2v) is 7.14. The van der Waals surface area contributed by atoms with Gasteiger partial charge in [0.1, 0.15) is 5.75 Å². The van der Waals surface area contributed by atoms with Crippen LogP contribution in [0.15, 0.2) is 30.4 Å². The number of anilines is 2. The molecule has 118 valence electrons. The first kappa shape index (κ1) is 16.9. The minimum Gasteiger partial charge on any atom is -0.482 e. The largest absolute Gasteiger partial charge is 0.482 e. The summed E-state index contributed by atoms with van der Waals surface area (Å²) in [5.74, 6) is -0.444. The fraction of sp³-hybridized carbons (Fsp3) is 0.286. The van der Waals surface area contributed by atoms with E-state index in [4.69, 9.17) is 39.5 Å². The Balaban J connectivity index is 2.31. The maximum Gasteiger partial charge on any atom is 0.276 e. The van der Waals surface area contributed by atoms with Crippen LogP contribution in [0.1, 0.15) is 6.92 Å². The maximum atomic E-state index is 12.0. The summed E-state index contributed by atoms with van der Waals surface area (Å²) in [6.45, 7) is 5.94. The van der Waals surface area contributed by atoms with E-state index in [0.29, 0.717) is 23.7 Å². The quantitative estimate of drug-likeness (QED) is 0.662. The van der Waals surface area contributed by atoms with Gasteiger partial charge in [0.25, 0.3) is 15.6 Å². The van der Waals surface area contributed by atoms with E-state index in [1.54, 1.807) is 18.2 Å². The Hall–Kier alpha value is -1.43. The molecule has 0 radical (unpaired) electrons. The van der Waals surface area contributed by atoms with Crippen molar-refractivity contribution in [2.24, 2.45) is 0 Å². The molecule has 2 rings (SSSR count). The molecule has 0 fully saturated rings. The maximum absolute atomic E-state index is 12.0. The van der Waals surface area contributed by atoms with Gasteiger partial charge >= 0.3 is 0 Å². The van der Waals surface area contributed by atoms with Crippen molar-refractivity contribution in [2.75, 3.05) is 23.4 Å². The molecule has 5 nitrogen and oxygen atoms in total. The SMILES string of the molecule is C=C(C)CN1C(=O)COc2ccc(NC(=O)C(Cl)(Cl)Cl)cc21. The Bertz CT molecular complexity index is 641. The summed E-state index contributed by atoms with van der Waals surface area (Å²) in [5, 5.41) is 2.47. The van der Waals surface area contributed by atoms with E-state index >= 15 is 0 Å². The van der Waals surface area contributed by atoms with Gasteiger partial charge in [0, 0.05) is 12.2 Å². The fourth-order valence-corrected chi connectivity index (χ4v) is 2.07. The van der Waals surface area contributed by atoms with Crippen molar-refractivity contribution >= 4 is 58.0 Å². The number of ether oxygens (including phenoxy) is 1. The Morgan fingerprint density at radius 1 is 1.45 bits per heavy atom. The molecule has 2 amide bonds. The third-order valence-electron chi connectivity index (χ3n) is 2.85. The number of hydrogen-bond acceptors (Lipinski definition) is 3. The summed E-state index contributed by atoms with van der Waals surface area (Å²) in [5.41, 5.74) is 1.73. The zero-order valence-corrected chi connectivity index (χ0v) is 13.9. The number of rotatable bonds is 3. The predicted octanol–water partition coefficient (Wildman–Crippen LogP) is 3.30.